The Labute approximate surface area is 194 Å². The van der Waals surface area contributed by atoms with E-state index in [-0.39, 0.29) is 24.4 Å². The molecule has 0 saturated heterocycles. The molecule has 6 fully saturated rings. The third kappa shape index (κ3) is 4.17. The second kappa shape index (κ2) is 9.11. The van der Waals surface area contributed by atoms with Crippen LogP contribution in [0.4, 0.5) is 0 Å². The molecule has 0 aromatic rings. The Morgan fingerprint density at radius 2 is 1.13 bits per heavy atom. The van der Waals surface area contributed by atoms with Crippen molar-refractivity contribution >= 4 is 5.78 Å². The summed E-state index contributed by atoms with van der Waals surface area (Å²) in [5.74, 6) is 3.15. The maximum atomic E-state index is 12.3. The van der Waals surface area contributed by atoms with Crippen molar-refractivity contribution in [2.45, 2.75) is 133 Å². The molecular weight excluding hydrogens is 380 g/mol. The SMILES string of the molecule is C.CC(C)C12CCC(C(C)C)(CC1)C(=O)C2.CC(C)C12CCC(C(C)C)(CC1)C(O)C2. The molecule has 0 aliphatic heterocycles. The van der Waals surface area contributed by atoms with Crippen molar-refractivity contribution in [3.05, 3.63) is 0 Å². The third-order valence-corrected chi connectivity index (χ3v) is 11.4. The normalized spacial score (nSPS) is 41.6. The number of ketones is 1. The fraction of sp³-hybridized carbons (Fsp3) is 0.966. The molecular formula is C29H54O2. The molecule has 6 aliphatic carbocycles. The minimum Gasteiger partial charge on any atom is -0.393 e. The van der Waals surface area contributed by atoms with Crippen LogP contribution in [0.2, 0.25) is 0 Å². The van der Waals surface area contributed by atoms with Gasteiger partial charge in [-0.3, -0.25) is 4.79 Å². The van der Waals surface area contributed by atoms with E-state index in [9.17, 15) is 9.90 Å². The van der Waals surface area contributed by atoms with Gasteiger partial charge in [-0.1, -0.05) is 62.8 Å². The van der Waals surface area contributed by atoms with E-state index in [0.717, 1.165) is 31.6 Å². The number of fused-ring (bicyclic) bond motifs is 6. The van der Waals surface area contributed by atoms with Gasteiger partial charge in [0.25, 0.3) is 0 Å². The maximum Gasteiger partial charge on any atom is 0.139 e. The van der Waals surface area contributed by atoms with Gasteiger partial charge < -0.3 is 5.11 Å². The van der Waals surface area contributed by atoms with Crippen molar-refractivity contribution in [3.8, 4) is 0 Å². The summed E-state index contributed by atoms with van der Waals surface area (Å²) >= 11 is 0. The lowest BCUT2D eigenvalue weighted by atomic mass is 9.47. The Morgan fingerprint density at radius 3 is 1.45 bits per heavy atom. The van der Waals surface area contributed by atoms with Crippen LogP contribution in [0.15, 0.2) is 0 Å². The van der Waals surface area contributed by atoms with E-state index < -0.39 is 0 Å². The minimum atomic E-state index is -0.0394. The van der Waals surface area contributed by atoms with Crippen molar-refractivity contribution in [1.29, 1.82) is 0 Å². The van der Waals surface area contributed by atoms with Crippen LogP contribution in [0, 0.1) is 45.3 Å². The predicted octanol–water partition coefficient (Wildman–Crippen LogP) is 8.06. The van der Waals surface area contributed by atoms with Gasteiger partial charge in [0.15, 0.2) is 0 Å². The average Bonchev–Trinajstić information content (AvgIpc) is 2.69. The first-order valence-electron chi connectivity index (χ1n) is 13.1. The summed E-state index contributed by atoms with van der Waals surface area (Å²) < 4.78 is 0. The Bertz CT molecular complexity index is 611. The highest BCUT2D eigenvalue weighted by molar-refractivity contribution is 5.87. The smallest absolute Gasteiger partial charge is 0.139 e. The summed E-state index contributed by atoms with van der Waals surface area (Å²) in [6.45, 7) is 18.3. The number of Topliss-reactive ketones (excluding diaryl/α,β-unsaturated/α-hetero) is 1. The van der Waals surface area contributed by atoms with Crippen LogP contribution < -0.4 is 0 Å². The first kappa shape index (κ1) is 26.9. The van der Waals surface area contributed by atoms with E-state index in [4.69, 9.17) is 0 Å². The molecule has 0 heterocycles. The lowest BCUT2D eigenvalue weighted by Crippen LogP contribution is -2.55. The summed E-state index contributed by atoms with van der Waals surface area (Å²) in [4.78, 5) is 12.3. The first-order chi connectivity index (χ1) is 13.9. The van der Waals surface area contributed by atoms with Gasteiger partial charge in [-0.15, -0.1) is 0 Å². The molecule has 2 nitrogen and oxygen atoms in total. The van der Waals surface area contributed by atoms with Crippen LogP contribution in [-0.4, -0.2) is 17.0 Å². The van der Waals surface area contributed by atoms with Gasteiger partial charge in [-0.2, -0.15) is 0 Å². The van der Waals surface area contributed by atoms with E-state index in [1.165, 1.54) is 38.5 Å². The van der Waals surface area contributed by atoms with Gasteiger partial charge in [0, 0.05) is 11.8 Å². The van der Waals surface area contributed by atoms with Crippen molar-refractivity contribution in [2.75, 3.05) is 0 Å². The standard InChI is InChI=1S/C14H26O.C14H24O.CH4/c2*1-10(2)13-5-7-14(8-6-13,11(3)4)12(15)9-13;/h10-12,15H,5-9H2,1-4H3;10-11H,5-9H2,1-4H3;1H4. The zero-order valence-electron chi connectivity index (χ0n) is 21.3. The zero-order valence-corrected chi connectivity index (χ0v) is 21.3. The lowest BCUT2D eigenvalue weighted by Gasteiger charge is -2.59. The van der Waals surface area contributed by atoms with Crippen molar-refractivity contribution in [1.82, 2.24) is 0 Å². The van der Waals surface area contributed by atoms with E-state index in [0.29, 0.717) is 34.4 Å². The minimum absolute atomic E-state index is 0. The molecule has 6 aliphatic rings. The molecule has 4 bridgehead atoms. The second-order valence-corrected chi connectivity index (χ2v) is 13.1. The molecule has 1 unspecified atom stereocenters. The van der Waals surface area contributed by atoms with Crippen LogP contribution in [-0.2, 0) is 4.79 Å². The molecule has 182 valence electrons. The highest BCUT2D eigenvalue weighted by Gasteiger charge is 2.57. The highest BCUT2D eigenvalue weighted by Crippen LogP contribution is 2.62. The zero-order chi connectivity index (χ0) is 22.5. The molecule has 0 spiro atoms. The molecule has 6 saturated carbocycles. The summed E-state index contributed by atoms with van der Waals surface area (Å²) in [5, 5.41) is 10.4. The monoisotopic (exact) mass is 434 g/mol. The second-order valence-electron chi connectivity index (χ2n) is 13.1. The number of hydrogen-bond acceptors (Lipinski definition) is 2. The Kier molecular flexibility index (Phi) is 7.90. The highest BCUT2D eigenvalue weighted by atomic mass is 16.3. The first-order valence-corrected chi connectivity index (χ1v) is 13.1. The van der Waals surface area contributed by atoms with Crippen LogP contribution in [0.5, 0.6) is 0 Å². The quantitative estimate of drug-likeness (QED) is 0.485. The van der Waals surface area contributed by atoms with Crippen molar-refractivity contribution in [2.24, 2.45) is 45.3 Å². The van der Waals surface area contributed by atoms with Crippen molar-refractivity contribution < 1.29 is 9.90 Å². The van der Waals surface area contributed by atoms with Crippen molar-refractivity contribution in [3.63, 3.8) is 0 Å². The molecule has 0 amide bonds. The average molecular weight is 435 g/mol. The number of carbonyl (C=O) groups is 1. The van der Waals surface area contributed by atoms with E-state index in [2.05, 4.69) is 55.4 Å². The number of carbonyl (C=O) groups excluding carboxylic acids is 1. The number of hydrogen-bond donors (Lipinski definition) is 1. The lowest BCUT2D eigenvalue weighted by molar-refractivity contribution is -0.152. The van der Waals surface area contributed by atoms with Gasteiger partial charge in [-0.25, -0.2) is 0 Å². The predicted molar refractivity (Wildman–Crippen MR) is 133 cm³/mol. The number of aliphatic hydroxyl groups is 1. The van der Waals surface area contributed by atoms with E-state index in [1.54, 1.807) is 0 Å². The molecule has 2 heteroatoms. The van der Waals surface area contributed by atoms with Crippen LogP contribution in [0.25, 0.3) is 0 Å². The van der Waals surface area contributed by atoms with Crippen LogP contribution in [0.3, 0.4) is 0 Å². The van der Waals surface area contributed by atoms with Crippen LogP contribution >= 0.6 is 0 Å². The Hall–Kier alpha value is -0.370. The summed E-state index contributed by atoms with van der Waals surface area (Å²) in [6.07, 6.45) is 12.0. The molecule has 0 radical (unpaired) electrons. The molecule has 1 N–H and O–H groups in total. The molecule has 6 rings (SSSR count). The molecule has 0 aromatic heterocycles. The van der Waals surface area contributed by atoms with Crippen LogP contribution in [0.1, 0.15) is 127 Å². The summed E-state index contributed by atoms with van der Waals surface area (Å²) in [7, 11) is 0. The Balaban J connectivity index is 0.000000213. The van der Waals surface area contributed by atoms with Gasteiger partial charge in [0.1, 0.15) is 5.78 Å². The topological polar surface area (TPSA) is 37.3 Å². The largest absolute Gasteiger partial charge is 0.393 e. The fourth-order valence-corrected chi connectivity index (χ4v) is 7.94. The fourth-order valence-electron chi connectivity index (χ4n) is 7.94. The number of rotatable bonds is 4. The van der Waals surface area contributed by atoms with Gasteiger partial charge in [-0.05, 0) is 97.7 Å². The molecule has 0 aromatic carbocycles. The molecule has 31 heavy (non-hydrogen) atoms. The third-order valence-electron chi connectivity index (χ3n) is 11.4. The molecule has 1 atom stereocenters. The summed E-state index contributed by atoms with van der Waals surface area (Å²) in [6, 6.07) is 0. The summed E-state index contributed by atoms with van der Waals surface area (Å²) in [5.41, 5.74) is 1.16. The maximum absolute atomic E-state index is 12.3. The Morgan fingerprint density at radius 1 is 0.677 bits per heavy atom. The van der Waals surface area contributed by atoms with Gasteiger partial charge >= 0.3 is 0 Å². The van der Waals surface area contributed by atoms with Gasteiger partial charge in [0.2, 0.25) is 0 Å². The van der Waals surface area contributed by atoms with E-state index >= 15 is 0 Å². The number of aliphatic hydroxyl groups excluding tert-OH is 1. The van der Waals surface area contributed by atoms with E-state index in [1.807, 2.05) is 0 Å². The van der Waals surface area contributed by atoms with Gasteiger partial charge in [0.05, 0.1) is 6.10 Å².